The molecule has 1 aliphatic heterocycles. The lowest BCUT2D eigenvalue weighted by Gasteiger charge is -2.04. The van der Waals surface area contributed by atoms with Crippen LogP contribution in [0.1, 0.15) is 12.5 Å². The van der Waals surface area contributed by atoms with E-state index in [1.807, 2.05) is 24.3 Å². The lowest BCUT2D eigenvalue weighted by Crippen LogP contribution is -2.11. The largest absolute Gasteiger partial charge is 0.256 e. The Morgan fingerprint density at radius 3 is 2.88 bits per heavy atom. The number of fused-ring (bicyclic) bond motifs is 3. The molecule has 0 bridgehead atoms. The monoisotopic (exact) mass is 233 g/mol. The lowest BCUT2D eigenvalue weighted by atomic mass is 10.1. The zero-order valence-electron chi connectivity index (χ0n) is 8.84. The van der Waals surface area contributed by atoms with Crippen LogP contribution in [0.4, 0.5) is 0 Å². The second-order valence-electron chi connectivity index (χ2n) is 4.19. The van der Waals surface area contributed by atoms with E-state index in [9.17, 15) is 8.42 Å². The highest BCUT2D eigenvalue weighted by atomic mass is 32.2. The van der Waals surface area contributed by atoms with Gasteiger partial charge in [0.1, 0.15) is 0 Å². The molecule has 0 aliphatic carbocycles. The zero-order valence-corrected chi connectivity index (χ0v) is 9.66. The van der Waals surface area contributed by atoms with Crippen molar-refractivity contribution in [3.05, 3.63) is 36.0 Å². The minimum Gasteiger partial charge on any atom is -0.256 e. The predicted octanol–water partition coefficient (Wildman–Crippen LogP) is 1.95. The first-order valence-electron chi connectivity index (χ1n) is 5.21. The maximum atomic E-state index is 12.2. The SMILES string of the molecule is CC1Cc2cnc3ccccc3c2S1(=O)=O. The first-order valence-corrected chi connectivity index (χ1v) is 6.76. The Labute approximate surface area is 94.0 Å². The second kappa shape index (κ2) is 3.04. The van der Waals surface area contributed by atoms with Crippen LogP contribution in [0.25, 0.3) is 10.9 Å². The van der Waals surface area contributed by atoms with Crippen molar-refractivity contribution in [2.24, 2.45) is 0 Å². The minimum absolute atomic E-state index is 0.324. The van der Waals surface area contributed by atoms with Gasteiger partial charge in [0.2, 0.25) is 0 Å². The van der Waals surface area contributed by atoms with Crippen LogP contribution in [0.2, 0.25) is 0 Å². The van der Waals surface area contributed by atoms with Crippen LogP contribution in [0.5, 0.6) is 0 Å². The van der Waals surface area contributed by atoms with Gasteiger partial charge in [0.15, 0.2) is 9.84 Å². The van der Waals surface area contributed by atoms with Crippen molar-refractivity contribution in [2.45, 2.75) is 23.5 Å². The molecule has 0 saturated carbocycles. The predicted molar refractivity (Wildman–Crippen MR) is 62.1 cm³/mol. The van der Waals surface area contributed by atoms with Gasteiger partial charge in [0.25, 0.3) is 0 Å². The second-order valence-corrected chi connectivity index (χ2v) is 6.49. The molecule has 1 unspecified atom stereocenters. The maximum absolute atomic E-state index is 12.2. The molecule has 0 N–H and O–H groups in total. The van der Waals surface area contributed by atoms with Gasteiger partial charge in [-0.1, -0.05) is 18.2 Å². The van der Waals surface area contributed by atoms with E-state index in [-0.39, 0.29) is 5.25 Å². The molecule has 0 radical (unpaired) electrons. The Bertz CT molecular complexity index is 676. The van der Waals surface area contributed by atoms with Gasteiger partial charge in [-0.2, -0.15) is 0 Å². The highest BCUT2D eigenvalue weighted by Gasteiger charge is 2.35. The Hall–Kier alpha value is -1.42. The standard InChI is InChI=1S/C12H11NO2S/c1-8-6-9-7-13-11-5-3-2-4-10(11)12(9)16(8,14)15/h2-5,7-8H,6H2,1H3. The van der Waals surface area contributed by atoms with Gasteiger partial charge in [-0.25, -0.2) is 8.42 Å². The number of pyridine rings is 1. The Morgan fingerprint density at radius 1 is 1.31 bits per heavy atom. The van der Waals surface area contributed by atoms with Crippen molar-refractivity contribution in [2.75, 3.05) is 0 Å². The average Bonchev–Trinajstić information content (AvgIpc) is 2.50. The van der Waals surface area contributed by atoms with Gasteiger partial charge >= 0.3 is 0 Å². The van der Waals surface area contributed by atoms with Crippen molar-refractivity contribution >= 4 is 20.7 Å². The molecular weight excluding hydrogens is 222 g/mol. The molecule has 3 nitrogen and oxygen atoms in total. The van der Waals surface area contributed by atoms with Crippen molar-refractivity contribution in [3.8, 4) is 0 Å². The molecule has 0 amide bonds. The summed E-state index contributed by atoms with van der Waals surface area (Å²) in [7, 11) is -3.15. The minimum atomic E-state index is -3.15. The zero-order chi connectivity index (χ0) is 11.3. The molecule has 1 aromatic carbocycles. The molecule has 0 fully saturated rings. The molecule has 0 saturated heterocycles. The van der Waals surface area contributed by atoms with Crippen molar-refractivity contribution in [1.82, 2.24) is 4.98 Å². The molecule has 4 heteroatoms. The number of aromatic nitrogens is 1. The Morgan fingerprint density at radius 2 is 2.06 bits per heavy atom. The molecule has 82 valence electrons. The number of para-hydroxylation sites is 1. The van der Waals surface area contributed by atoms with Crippen molar-refractivity contribution < 1.29 is 8.42 Å². The molecule has 0 spiro atoms. The van der Waals surface area contributed by atoms with E-state index in [4.69, 9.17) is 0 Å². The molecule has 1 atom stereocenters. The van der Waals surface area contributed by atoms with Gasteiger partial charge in [-0.3, -0.25) is 4.98 Å². The van der Waals surface area contributed by atoms with Gasteiger partial charge in [-0.15, -0.1) is 0 Å². The lowest BCUT2D eigenvalue weighted by molar-refractivity contribution is 0.591. The number of sulfone groups is 1. The third-order valence-corrected chi connectivity index (χ3v) is 5.40. The first kappa shape index (κ1) is 9.78. The van der Waals surface area contributed by atoms with Crippen molar-refractivity contribution in [1.29, 1.82) is 0 Å². The third kappa shape index (κ3) is 1.13. The van der Waals surface area contributed by atoms with E-state index >= 15 is 0 Å². The van der Waals surface area contributed by atoms with Gasteiger partial charge in [0, 0.05) is 11.6 Å². The highest BCUT2D eigenvalue weighted by molar-refractivity contribution is 7.92. The normalized spacial score (nSPS) is 22.2. The number of rotatable bonds is 0. The summed E-state index contributed by atoms with van der Waals surface area (Å²) in [5.41, 5.74) is 1.60. The summed E-state index contributed by atoms with van der Waals surface area (Å²) in [6.45, 7) is 1.75. The summed E-state index contributed by atoms with van der Waals surface area (Å²) in [5.74, 6) is 0. The van der Waals surface area contributed by atoms with E-state index in [0.29, 0.717) is 11.3 Å². The summed E-state index contributed by atoms with van der Waals surface area (Å²) in [5, 5.41) is 0.430. The van der Waals surface area contributed by atoms with E-state index < -0.39 is 9.84 Å². The van der Waals surface area contributed by atoms with Crippen LogP contribution in [0.3, 0.4) is 0 Å². The first-order chi connectivity index (χ1) is 7.60. The Kier molecular flexibility index (Phi) is 1.86. The quantitative estimate of drug-likeness (QED) is 0.698. The van der Waals surface area contributed by atoms with E-state index in [2.05, 4.69) is 4.98 Å². The summed E-state index contributed by atoms with van der Waals surface area (Å²) < 4.78 is 24.3. The molecule has 16 heavy (non-hydrogen) atoms. The topological polar surface area (TPSA) is 47.0 Å². The van der Waals surface area contributed by atoms with Gasteiger partial charge < -0.3 is 0 Å². The van der Waals surface area contributed by atoms with Crippen LogP contribution >= 0.6 is 0 Å². The number of nitrogens with zero attached hydrogens (tertiary/aromatic N) is 1. The fourth-order valence-corrected chi connectivity index (χ4v) is 4.04. The van der Waals surface area contributed by atoms with Gasteiger partial charge in [-0.05, 0) is 25.0 Å². The van der Waals surface area contributed by atoms with E-state index in [0.717, 1.165) is 16.5 Å². The Balaban J connectivity index is 2.50. The van der Waals surface area contributed by atoms with Crippen LogP contribution in [0.15, 0.2) is 35.4 Å². The maximum Gasteiger partial charge on any atom is 0.182 e. The smallest absolute Gasteiger partial charge is 0.182 e. The van der Waals surface area contributed by atoms with Crippen LogP contribution in [-0.2, 0) is 16.3 Å². The van der Waals surface area contributed by atoms with Crippen molar-refractivity contribution in [3.63, 3.8) is 0 Å². The number of hydrogen-bond donors (Lipinski definition) is 0. The molecular formula is C12H11NO2S. The third-order valence-electron chi connectivity index (χ3n) is 3.12. The summed E-state index contributed by atoms with van der Waals surface area (Å²) in [6, 6.07) is 7.39. The van der Waals surface area contributed by atoms with Gasteiger partial charge in [0.05, 0.1) is 15.7 Å². The molecule has 1 aliphatic rings. The molecule has 2 aromatic rings. The van der Waals surface area contributed by atoms with Crippen LogP contribution < -0.4 is 0 Å². The van der Waals surface area contributed by atoms with Crippen LogP contribution in [0, 0.1) is 0 Å². The summed E-state index contributed by atoms with van der Waals surface area (Å²) >= 11 is 0. The summed E-state index contributed by atoms with van der Waals surface area (Å²) in [6.07, 6.45) is 2.27. The fourth-order valence-electron chi connectivity index (χ4n) is 2.26. The average molecular weight is 233 g/mol. The van der Waals surface area contributed by atoms with E-state index in [1.54, 1.807) is 13.1 Å². The number of benzene rings is 1. The number of hydrogen-bond acceptors (Lipinski definition) is 3. The van der Waals surface area contributed by atoms with E-state index in [1.165, 1.54) is 0 Å². The van der Waals surface area contributed by atoms with Crippen LogP contribution in [-0.4, -0.2) is 18.7 Å². The molecule has 2 heterocycles. The molecule has 3 rings (SSSR count). The highest BCUT2D eigenvalue weighted by Crippen LogP contribution is 2.35. The fraction of sp³-hybridized carbons (Fsp3) is 0.250. The molecule has 1 aromatic heterocycles. The summed E-state index contributed by atoms with van der Waals surface area (Å²) in [4.78, 5) is 4.78.